The van der Waals surface area contributed by atoms with Gasteiger partial charge in [0.25, 0.3) is 0 Å². The van der Waals surface area contributed by atoms with Gasteiger partial charge in [0.1, 0.15) is 0 Å². The Hall–Kier alpha value is -1.04. The van der Waals surface area contributed by atoms with Crippen LogP contribution in [0.3, 0.4) is 0 Å². The Balaban J connectivity index is -0.0000000120. The largest absolute Gasteiger partial charge is 0.0985 e. The highest BCUT2D eigenvalue weighted by molar-refractivity contribution is 5.47. The van der Waals surface area contributed by atoms with Crippen LogP contribution in [0.5, 0.6) is 0 Å². The maximum Gasteiger partial charge on any atom is 0 e. The highest BCUT2D eigenvalue weighted by atomic mass is 14.2. The molecule has 0 aliphatic carbocycles. The fraction of sp³-hybridized carbons (Fsp3) is 0.333. The Morgan fingerprint density at radius 1 is 1.17 bits per heavy atom. The summed E-state index contributed by atoms with van der Waals surface area (Å²) in [5, 5.41) is 0. The SMILES string of the molecule is C=Cc1ccc(C(C)(C)C)cc1.[HH].[HH].[HH].[HH].[HH].[HH].[HH].[HH].[HH].[HH].[HH].[HH]. The maximum atomic E-state index is 3.72. The molecule has 0 heterocycles. The molecule has 12 heavy (non-hydrogen) atoms. The van der Waals surface area contributed by atoms with E-state index in [0.717, 1.165) is 0 Å². The summed E-state index contributed by atoms with van der Waals surface area (Å²) in [4.78, 5) is 0. The van der Waals surface area contributed by atoms with Crippen molar-refractivity contribution < 1.29 is 17.1 Å². The van der Waals surface area contributed by atoms with Crippen LogP contribution in [0.15, 0.2) is 30.8 Å². The molecule has 0 aliphatic rings. The zero-order valence-electron chi connectivity index (χ0n) is 8.09. The number of hydrogen-bond donors (Lipinski definition) is 0. The average molecular weight is 184 g/mol. The quantitative estimate of drug-likeness (QED) is 0.462. The van der Waals surface area contributed by atoms with Crippen molar-refractivity contribution >= 4 is 6.08 Å². The van der Waals surface area contributed by atoms with Crippen molar-refractivity contribution in [1.82, 2.24) is 0 Å². The summed E-state index contributed by atoms with van der Waals surface area (Å²) in [6.45, 7) is 10.4. The van der Waals surface area contributed by atoms with Gasteiger partial charge in [-0.15, -0.1) is 0 Å². The van der Waals surface area contributed by atoms with Crippen molar-refractivity contribution in [1.29, 1.82) is 0 Å². The van der Waals surface area contributed by atoms with Gasteiger partial charge in [0.2, 0.25) is 0 Å². The minimum absolute atomic E-state index is 0. The second-order valence-corrected chi connectivity index (χ2v) is 4.08. The highest BCUT2D eigenvalue weighted by Crippen LogP contribution is 2.22. The van der Waals surface area contributed by atoms with Crippen molar-refractivity contribution in [2.75, 3.05) is 0 Å². The Morgan fingerprint density at radius 2 is 1.67 bits per heavy atom. The number of rotatable bonds is 1. The fourth-order valence-electron chi connectivity index (χ4n) is 1.12. The lowest BCUT2D eigenvalue weighted by Crippen LogP contribution is -2.10. The van der Waals surface area contributed by atoms with Gasteiger partial charge in [-0.1, -0.05) is 57.7 Å². The van der Waals surface area contributed by atoms with Gasteiger partial charge in [-0.3, -0.25) is 0 Å². The molecule has 0 fully saturated rings. The standard InChI is InChI=1S/C12H16.12H2/c1-5-10-6-8-11(9-7-10)12(2,3)4;;;;;;;;;;;;/h5-9H,1H2,2-4H3;12*1H. The molecule has 0 unspecified atom stereocenters. The molecule has 1 rings (SSSR count). The first-order valence-corrected chi connectivity index (χ1v) is 4.27. The van der Waals surface area contributed by atoms with E-state index < -0.39 is 0 Å². The Bertz CT molecular complexity index is 283. The van der Waals surface area contributed by atoms with Crippen LogP contribution >= 0.6 is 0 Å². The van der Waals surface area contributed by atoms with Crippen molar-refractivity contribution in [3.8, 4) is 0 Å². The van der Waals surface area contributed by atoms with Crippen LogP contribution in [0.1, 0.15) is 49.0 Å². The first kappa shape index (κ1) is 9.05. The van der Waals surface area contributed by atoms with E-state index in [-0.39, 0.29) is 22.5 Å². The Morgan fingerprint density at radius 3 is 2.00 bits per heavy atom. The van der Waals surface area contributed by atoms with E-state index in [0.29, 0.717) is 0 Å². The molecule has 0 N–H and O–H groups in total. The van der Waals surface area contributed by atoms with Gasteiger partial charge in [0.05, 0.1) is 0 Å². The molecule has 0 nitrogen and oxygen atoms in total. The van der Waals surface area contributed by atoms with Crippen LogP contribution in [0.2, 0.25) is 0 Å². The predicted octanol–water partition coefficient (Wildman–Crippen LogP) is 6.58. The van der Waals surface area contributed by atoms with Gasteiger partial charge in [-0.2, -0.15) is 0 Å². The van der Waals surface area contributed by atoms with Crippen molar-refractivity contribution in [2.45, 2.75) is 26.2 Å². The van der Waals surface area contributed by atoms with E-state index in [1.807, 2.05) is 6.08 Å². The van der Waals surface area contributed by atoms with Crippen LogP contribution < -0.4 is 0 Å². The smallest absolute Gasteiger partial charge is 0 e. The summed E-state index contributed by atoms with van der Waals surface area (Å²) in [6, 6.07) is 8.54. The molecule has 0 atom stereocenters. The van der Waals surface area contributed by atoms with E-state index in [4.69, 9.17) is 0 Å². The molecule has 0 aliphatic heterocycles. The minimum Gasteiger partial charge on any atom is -0.0985 e. The fourth-order valence-corrected chi connectivity index (χ4v) is 1.12. The minimum atomic E-state index is 0. The van der Waals surface area contributed by atoms with Gasteiger partial charge in [0.15, 0.2) is 0 Å². The van der Waals surface area contributed by atoms with Gasteiger partial charge >= 0.3 is 0 Å². The van der Waals surface area contributed by atoms with Crippen LogP contribution in [0, 0.1) is 0 Å². The molecule has 0 heteroatoms. The summed E-state index contributed by atoms with van der Waals surface area (Å²) in [5.41, 5.74) is 2.80. The summed E-state index contributed by atoms with van der Waals surface area (Å²) >= 11 is 0. The molecular weight excluding hydrogens is 144 g/mol. The van der Waals surface area contributed by atoms with Gasteiger partial charge in [-0.25, -0.2) is 0 Å². The first-order valence-electron chi connectivity index (χ1n) is 4.27. The zero-order chi connectivity index (χ0) is 9.19. The third kappa shape index (κ3) is 1.97. The molecule has 0 spiro atoms. The van der Waals surface area contributed by atoms with Crippen LogP contribution in [0.4, 0.5) is 0 Å². The van der Waals surface area contributed by atoms with E-state index in [1.165, 1.54) is 11.1 Å². The second-order valence-electron chi connectivity index (χ2n) is 4.08. The average Bonchev–Trinajstić information content (AvgIpc) is 2.03. The monoisotopic (exact) mass is 184 g/mol. The Labute approximate surface area is 92.7 Å². The molecular formula is C12H40. The maximum absolute atomic E-state index is 3.72. The van der Waals surface area contributed by atoms with Crippen LogP contribution in [0.25, 0.3) is 6.08 Å². The molecule has 1 aromatic rings. The summed E-state index contributed by atoms with van der Waals surface area (Å²) in [5.74, 6) is 0. The molecule has 88 valence electrons. The second kappa shape index (κ2) is 3.14. The van der Waals surface area contributed by atoms with Gasteiger partial charge < -0.3 is 0 Å². The summed E-state index contributed by atoms with van der Waals surface area (Å²) in [7, 11) is 0. The molecule has 0 saturated heterocycles. The normalized spacial score (nSPS) is 11.2. The zero-order valence-corrected chi connectivity index (χ0v) is 8.09. The first-order chi connectivity index (χ1) is 5.54. The highest BCUT2D eigenvalue weighted by Gasteiger charge is 2.12. The molecule has 0 aromatic heterocycles. The van der Waals surface area contributed by atoms with Crippen molar-refractivity contribution in [3.05, 3.63) is 42.0 Å². The predicted molar refractivity (Wildman–Crippen MR) is 80.6 cm³/mol. The lowest BCUT2D eigenvalue weighted by Gasteiger charge is -2.18. The molecule has 1 aromatic carbocycles. The third-order valence-corrected chi connectivity index (χ3v) is 2.01. The lowest BCUT2D eigenvalue weighted by molar-refractivity contribution is 0.590. The molecule has 0 bridgehead atoms. The van der Waals surface area contributed by atoms with Gasteiger partial charge in [-0.05, 0) is 16.5 Å². The Kier molecular flexibility index (Phi) is 2.37. The van der Waals surface area contributed by atoms with Crippen molar-refractivity contribution in [2.24, 2.45) is 0 Å². The molecule has 0 amide bonds. The summed E-state index contributed by atoms with van der Waals surface area (Å²) < 4.78 is 0. The molecule has 0 radical (unpaired) electrons. The third-order valence-electron chi connectivity index (χ3n) is 2.01. The van der Waals surface area contributed by atoms with E-state index in [1.54, 1.807) is 0 Å². The van der Waals surface area contributed by atoms with E-state index in [2.05, 4.69) is 51.6 Å². The topological polar surface area (TPSA) is 0 Å². The summed E-state index contributed by atoms with van der Waals surface area (Å²) in [6.07, 6.45) is 1.87. The van der Waals surface area contributed by atoms with E-state index >= 15 is 0 Å². The lowest BCUT2D eigenvalue weighted by atomic mass is 9.87. The number of benzene rings is 1. The van der Waals surface area contributed by atoms with Crippen LogP contribution in [-0.2, 0) is 5.41 Å². The van der Waals surface area contributed by atoms with E-state index in [9.17, 15) is 0 Å². The molecule has 0 saturated carbocycles. The van der Waals surface area contributed by atoms with Crippen molar-refractivity contribution in [3.63, 3.8) is 0 Å². The van der Waals surface area contributed by atoms with Crippen LogP contribution in [-0.4, -0.2) is 0 Å². The number of hydrogen-bond acceptors (Lipinski definition) is 0. The van der Waals surface area contributed by atoms with Gasteiger partial charge in [0, 0.05) is 17.1 Å².